The molecule has 0 saturated heterocycles. The quantitative estimate of drug-likeness (QED) is 0.636. The van der Waals surface area contributed by atoms with E-state index in [1.54, 1.807) is 18.3 Å². The van der Waals surface area contributed by atoms with E-state index in [4.69, 9.17) is 5.73 Å². The Hall–Kier alpha value is -2.36. The first-order valence-corrected chi connectivity index (χ1v) is 6.21. The SMILES string of the molecule is CC(=O)c1ccc(NCCc2ccccn2)cc1N. The third-order valence-corrected chi connectivity index (χ3v) is 2.87. The van der Waals surface area contributed by atoms with Gasteiger partial charge in [-0.1, -0.05) is 6.07 Å². The molecule has 19 heavy (non-hydrogen) atoms. The third-order valence-electron chi connectivity index (χ3n) is 2.87. The maximum absolute atomic E-state index is 11.3. The third kappa shape index (κ3) is 3.55. The number of carbonyl (C=O) groups is 1. The van der Waals surface area contributed by atoms with Crippen LogP contribution in [-0.2, 0) is 6.42 Å². The molecule has 0 bridgehead atoms. The lowest BCUT2D eigenvalue weighted by atomic mass is 10.1. The highest BCUT2D eigenvalue weighted by molar-refractivity contribution is 5.99. The van der Waals surface area contributed by atoms with E-state index in [0.717, 1.165) is 24.3 Å². The van der Waals surface area contributed by atoms with Gasteiger partial charge in [0.2, 0.25) is 0 Å². The van der Waals surface area contributed by atoms with Crippen LogP contribution in [0.1, 0.15) is 23.0 Å². The molecule has 2 aromatic rings. The smallest absolute Gasteiger partial charge is 0.161 e. The summed E-state index contributed by atoms with van der Waals surface area (Å²) in [7, 11) is 0. The van der Waals surface area contributed by atoms with Crippen LogP contribution in [0, 0.1) is 0 Å². The number of rotatable bonds is 5. The highest BCUT2D eigenvalue weighted by Gasteiger charge is 2.04. The number of Topliss-reactive ketones (excluding diaryl/α,β-unsaturated/α-hetero) is 1. The number of benzene rings is 1. The van der Waals surface area contributed by atoms with E-state index in [9.17, 15) is 4.79 Å². The fraction of sp³-hybridized carbons (Fsp3) is 0.200. The van der Waals surface area contributed by atoms with Crippen molar-refractivity contribution in [3.8, 4) is 0 Å². The largest absolute Gasteiger partial charge is 0.398 e. The van der Waals surface area contributed by atoms with Crippen molar-refractivity contribution in [1.82, 2.24) is 4.98 Å². The van der Waals surface area contributed by atoms with Gasteiger partial charge < -0.3 is 11.1 Å². The van der Waals surface area contributed by atoms with Crippen LogP contribution in [0.5, 0.6) is 0 Å². The molecule has 1 aromatic carbocycles. The van der Waals surface area contributed by atoms with Crippen LogP contribution in [0.2, 0.25) is 0 Å². The molecular weight excluding hydrogens is 238 g/mol. The van der Waals surface area contributed by atoms with Crippen molar-refractivity contribution in [2.75, 3.05) is 17.6 Å². The number of aromatic nitrogens is 1. The molecule has 1 heterocycles. The summed E-state index contributed by atoms with van der Waals surface area (Å²) in [5.41, 5.74) is 8.87. The standard InChI is InChI=1S/C15H17N3O/c1-11(19)14-6-5-13(10-15(14)16)18-9-7-12-4-2-3-8-17-12/h2-6,8,10,18H,7,9,16H2,1H3. The predicted octanol–water partition coefficient (Wildman–Crippen LogP) is 2.52. The number of nitrogens with one attached hydrogen (secondary N) is 1. The molecule has 0 aliphatic carbocycles. The lowest BCUT2D eigenvalue weighted by molar-refractivity contribution is 0.101. The van der Waals surface area contributed by atoms with E-state index in [2.05, 4.69) is 10.3 Å². The fourth-order valence-electron chi connectivity index (χ4n) is 1.87. The van der Waals surface area contributed by atoms with E-state index < -0.39 is 0 Å². The van der Waals surface area contributed by atoms with Gasteiger partial charge in [-0.2, -0.15) is 0 Å². The van der Waals surface area contributed by atoms with Gasteiger partial charge in [0, 0.05) is 41.8 Å². The highest BCUT2D eigenvalue weighted by Crippen LogP contribution is 2.18. The molecular formula is C15H17N3O. The van der Waals surface area contributed by atoms with Crippen LogP contribution < -0.4 is 11.1 Å². The van der Waals surface area contributed by atoms with Crippen molar-refractivity contribution in [1.29, 1.82) is 0 Å². The first-order valence-electron chi connectivity index (χ1n) is 6.21. The average molecular weight is 255 g/mol. The minimum Gasteiger partial charge on any atom is -0.398 e. The summed E-state index contributed by atoms with van der Waals surface area (Å²) >= 11 is 0. The molecule has 4 nitrogen and oxygen atoms in total. The zero-order valence-electron chi connectivity index (χ0n) is 10.9. The second-order valence-corrected chi connectivity index (χ2v) is 4.36. The Bertz CT molecular complexity index is 567. The summed E-state index contributed by atoms with van der Waals surface area (Å²) in [6.45, 7) is 2.29. The molecule has 98 valence electrons. The molecule has 0 unspecified atom stereocenters. The Morgan fingerprint density at radius 2 is 2.16 bits per heavy atom. The van der Waals surface area contributed by atoms with Crippen molar-refractivity contribution < 1.29 is 4.79 Å². The van der Waals surface area contributed by atoms with E-state index in [-0.39, 0.29) is 5.78 Å². The maximum atomic E-state index is 11.3. The number of hydrogen-bond donors (Lipinski definition) is 2. The fourth-order valence-corrected chi connectivity index (χ4v) is 1.87. The first kappa shape index (κ1) is 13.1. The van der Waals surface area contributed by atoms with Gasteiger partial charge >= 0.3 is 0 Å². The summed E-state index contributed by atoms with van der Waals surface area (Å²) in [5.74, 6) is -0.0162. The number of anilines is 2. The number of nitrogens with two attached hydrogens (primary N) is 1. The molecule has 0 saturated carbocycles. The van der Waals surface area contributed by atoms with E-state index in [1.165, 1.54) is 6.92 Å². The van der Waals surface area contributed by atoms with Crippen molar-refractivity contribution in [3.63, 3.8) is 0 Å². The van der Waals surface area contributed by atoms with Crippen molar-refractivity contribution in [2.45, 2.75) is 13.3 Å². The predicted molar refractivity (Wildman–Crippen MR) is 77.3 cm³/mol. The summed E-state index contributed by atoms with van der Waals surface area (Å²) in [4.78, 5) is 15.5. The van der Waals surface area contributed by atoms with Crippen LogP contribution >= 0.6 is 0 Å². The molecule has 0 fully saturated rings. The first-order chi connectivity index (χ1) is 9.16. The van der Waals surface area contributed by atoms with Gasteiger partial charge in [0.1, 0.15) is 0 Å². The van der Waals surface area contributed by atoms with E-state index in [1.807, 2.05) is 24.3 Å². The Balaban J connectivity index is 1.93. The Morgan fingerprint density at radius 3 is 2.79 bits per heavy atom. The van der Waals surface area contributed by atoms with Gasteiger partial charge in [-0.05, 0) is 37.3 Å². The second-order valence-electron chi connectivity index (χ2n) is 4.36. The normalized spacial score (nSPS) is 10.2. The minimum atomic E-state index is -0.0162. The second kappa shape index (κ2) is 6.00. The van der Waals surface area contributed by atoms with Gasteiger partial charge in [0.05, 0.1) is 0 Å². The number of nitrogen functional groups attached to an aromatic ring is 1. The maximum Gasteiger partial charge on any atom is 0.161 e. The van der Waals surface area contributed by atoms with Crippen molar-refractivity contribution in [3.05, 3.63) is 53.9 Å². The van der Waals surface area contributed by atoms with Crippen LogP contribution in [0.4, 0.5) is 11.4 Å². The van der Waals surface area contributed by atoms with Gasteiger partial charge in [-0.25, -0.2) is 0 Å². The Kier molecular flexibility index (Phi) is 4.13. The van der Waals surface area contributed by atoms with Crippen molar-refractivity contribution in [2.24, 2.45) is 0 Å². The molecule has 0 aliphatic heterocycles. The molecule has 0 aliphatic rings. The number of ketones is 1. The monoisotopic (exact) mass is 255 g/mol. The van der Waals surface area contributed by atoms with Crippen LogP contribution in [0.25, 0.3) is 0 Å². The lowest BCUT2D eigenvalue weighted by Gasteiger charge is -2.08. The number of hydrogen-bond acceptors (Lipinski definition) is 4. The van der Waals surface area contributed by atoms with Gasteiger partial charge in [-0.15, -0.1) is 0 Å². The molecule has 1 aromatic heterocycles. The molecule has 0 radical (unpaired) electrons. The summed E-state index contributed by atoms with van der Waals surface area (Å²) in [6.07, 6.45) is 2.63. The Morgan fingerprint density at radius 1 is 1.32 bits per heavy atom. The highest BCUT2D eigenvalue weighted by atomic mass is 16.1. The van der Waals surface area contributed by atoms with Gasteiger partial charge in [0.15, 0.2) is 5.78 Å². The molecule has 4 heteroatoms. The van der Waals surface area contributed by atoms with Crippen molar-refractivity contribution >= 4 is 17.2 Å². The topological polar surface area (TPSA) is 68.0 Å². The van der Waals surface area contributed by atoms with Crippen LogP contribution in [0.15, 0.2) is 42.6 Å². The van der Waals surface area contributed by atoms with Crippen LogP contribution in [-0.4, -0.2) is 17.3 Å². The number of pyridine rings is 1. The molecule has 0 amide bonds. The van der Waals surface area contributed by atoms with E-state index in [0.29, 0.717) is 11.3 Å². The van der Waals surface area contributed by atoms with Crippen LogP contribution in [0.3, 0.4) is 0 Å². The Labute approximate surface area is 112 Å². The summed E-state index contributed by atoms with van der Waals surface area (Å²) < 4.78 is 0. The van der Waals surface area contributed by atoms with Gasteiger partial charge in [-0.3, -0.25) is 9.78 Å². The minimum absolute atomic E-state index is 0.0162. The molecule has 3 N–H and O–H groups in total. The lowest BCUT2D eigenvalue weighted by Crippen LogP contribution is -2.07. The average Bonchev–Trinajstić information content (AvgIpc) is 2.39. The molecule has 2 rings (SSSR count). The molecule has 0 spiro atoms. The number of carbonyl (C=O) groups excluding carboxylic acids is 1. The zero-order valence-corrected chi connectivity index (χ0v) is 10.9. The summed E-state index contributed by atoms with van der Waals surface area (Å²) in [5, 5.41) is 3.27. The van der Waals surface area contributed by atoms with E-state index >= 15 is 0 Å². The summed E-state index contributed by atoms with van der Waals surface area (Å²) in [6, 6.07) is 11.3. The van der Waals surface area contributed by atoms with Gasteiger partial charge in [0.25, 0.3) is 0 Å². The zero-order chi connectivity index (χ0) is 13.7. The number of nitrogens with zero attached hydrogens (tertiary/aromatic N) is 1. The molecule has 0 atom stereocenters.